The summed E-state index contributed by atoms with van der Waals surface area (Å²) in [6.07, 6.45) is 6.49. The number of carboxylic acid groups (broad SMARTS) is 1. The maximum absolute atomic E-state index is 12.0. The number of carboxylic acids is 1. The third-order valence-electron chi connectivity index (χ3n) is 4.45. The Morgan fingerprint density at radius 2 is 2.21 bits per heavy atom. The van der Waals surface area contributed by atoms with Crippen molar-refractivity contribution in [3.05, 3.63) is 24.0 Å². The van der Waals surface area contributed by atoms with Crippen molar-refractivity contribution in [1.29, 1.82) is 0 Å². The standard InChI is InChI=1S/C14H18N2O3/c17-13(8-16-5-1-2-12(16)14(18)19)15-11-7-9-3-4-10(11)6-9/h1-2,5,9-11H,3-4,6-8H2,(H,15,17)(H,18,19). The average molecular weight is 262 g/mol. The van der Waals surface area contributed by atoms with Crippen LogP contribution in [0.2, 0.25) is 0 Å². The molecular weight excluding hydrogens is 244 g/mol. The van der Waals surface area contributed by atoms with E-state index in [9.17, 15) is 9.59 Å². The highest BCUT2D eigenvalue weighted by Gasteiger charge is 2.40. The number of nitrogens with one attached hydrogen (secondary N) is 1. The van der Waals surface area contributed by atoms with Crippen molar-refractivity contribution in [3.63, 3.8) is 0 Å². The lowest BCUT2D eigenvalue weighted by Crippen LogP contribution is -2.40. The van der Waals surface area contributed by atoms with E-state index >= 15 is 0 Å². The first kappa shape index (κ1) is 12.3. The normalized spacial score (nSPS) is 28.5. The van der Waals surface area contributed by atoms with Crippen LogP contribution in [0.4, 0.5) is 0 Å². The lowest BCUT2D eigenvalue weighted by Gasteiger charge is -2.23. The van der Waals surface area contributed by atoms with Gasteiger partial charge in [0.2, 0.25) is 5.91 Å². The van der Waals surface area contributed by atoms with Crippen LogP contribution >= 0.6 is 0 Å². The Labute approximate surface area is 111 Å². The summed E-state index contributed by atoms with van der Waals surface area (Å²) in [5.74, 6) is 0.336. The fourth-order valence-electron chi connectivity index (χ4n) is 3.57. The fraction of sp³-hybridized carbons (Fsp3) is 0.571. The largest absolute Gasteiger partial charge is 0.477 e. The van der Waals surface area contributed by atoms with Crippen LogP contribution in [0.15, 0.2) is 18.3 Å². The summed E-state index contributed by atoms with van der Waals surface area (Å²) in [5, 5.41) is 12.0. The Balaban J connectivity index is 1.59. The Hall–Kier alpha value is -1.78. The van der Waals surface area contributed by atoms with Crippen LogP contribution in [0.5, 0.6) is 0 Å². The van der Waals surface area contributed by atoms with Crippen LogP contribution in [-0.2, 0) is 11.3 Å². The zero-order valence-corrected chi connectivity index (χ0v) is 10.7. The van der Waals surface area contributed by atoms with Gasteiger partial charge >= 0.3 is 5.97 Å². The molecule has 2 aliphatic carbocycles. The molecule has 3 atom stereocenters. The Kier molecular flexibility index (Phi) is 3.05. The molecule has 2 fully saturated rings. The molecule has 102 valence electrons. The minimum Gasteiger partial charge on any atom is -0.477 e. The number of nitrogens with zero attached hydrogens (tertiary/aromatic N) is 1. The SMILES string of the molecule is O=C(Cn1cccc1C(=O)O)NC1CC2CCC1C2. The maximum Gasteiger partial charge on any atom is 0.352 e. The van der Waals surface area contributed by atoms with Gasteiger partial charge in [0.15, 0.2) is 0 Å². The van der Waals surface area contributed by atoms with Crippen molar-refractivity contribution in [2.45, 2.75) is 38.3 Å². The van der Waals surface area contributed by atoms with Gasteiger partial charge in [0.25, 0.3) is 0 Å². The number of fused-ring (bicyclic) bond motifs is 2. The number of aromatic nitrogens is 1. The fourth-order valence-corrected chi connectivity index (χ4v) is 3.57. The quantitative estimate of drug-likeness (QED) is 0.863. The topological polar surface area (TPSA) is 71.3 Å². The number of hydrogen-bond acceptors (Lipinski definition) is 2. The molecule has 0 aliphatic heterocycles. The van der Waals surface area contributed by atoms with E-state index in [2.05, 4.69) is 5.32 Å². The summed E-state index contributed by atoms with van der Waals surface area (Å²) in [5.41, 5.74) is 0.156. The third kappa shape index (κ3) is 2.37. The van der Waals surface area contributed by atoms with Gasteiger partial charge in [-0.25, -0.2) is 4.79 Å². The van der Waals surface area contributed by atoms with E-state index in [-0.39, 0.29) is 18.1 Å². The maximum atomic E-state index is 12.0. The summed E-state index contributed by atoms with van der Waals surface area (Å²) in [4.78, 5) is 23.0. The molecule has 3 unspecified atom stereocenters. The number of carbonyl (C=O) groups excluding carboxylic acids is 1. The van der Waals surface area contributed by atoms with Gasteiger partial charge in [0, 0.05) is 12.2 Å². The average Bonchev–Trinajstić information content (AvgIpc) is 3.03. The Bertz CT molecular complexity index is 509. The lowest BCUT2D eigenvalue weighted by atomic mass is 9.95. The van der Waals surface area contributed by atoms with Crippen molar-refractivity contribution in [2.75, 3.05) is 0 Å². The monoisotopic (exact) mass is 262 g/mol. The first-order chi connectivity index (χ1) is 9.13. The number of rotatable bonds is 4. The Morgan fingerprint density at radius 1 is 1.37 bits per heavy atom. The third-order valence-corrected chi connectivity index (χ3v) is 4.45. The number of aromatic carboxylic acids is 1. The molecule has 2 N–H and O–H groups in total. The second-order valence-corrected chi connectivity index (χ2v) is 5.68. The molecule has 0 saturated heterocycles. The molecule has 2 bridgehead atoms. The predicted octanol–water partition coefficient (Wildman–Crippen LogP) is 1.49. The molecule has 0 radical (unpaired) electrons. The van der Waals surface area contributed by atoms with E-state index < -0.39 is 5.97 Å². The minimum atomic E-state index is -1.00. The van der Waals surface area contributed by atoms with Crippen LogP contribution in [-0.4, -0.2) is 27.6 Å². The van der Waals surface area contributed by atoms with Crippen LogP contribution < -0.4 is 5.32 Å². The van der Waals surface area contributed by atoms with Gasteiger partial charge in [0.05, 0.1) is 0 Å². The van der Waals surface area contributed by atoms with Gasteiger partial charge in [0.1, 0.15) is 12.2 Å². The molecule has 5 nitrogen and oxygen atoms in total. The van der Waals surface area contributed by atoms with Crippen molar-refractivity contribution in [3.8, 4) is 0 Å². The van der Waals surface area contributed by atoms with Gasteiger partial charge in [-0.05, 0) is 43.2 Å². The van der Waals surface area contributed by atoms with Crippen molar-refractivity contribution >= 4 is 11.9 Å². The molecule has 1 aromatic rings. The van der Waals surface area contributed by atoms with E-state index in [1.54, 1.807) is 12.3 Å². The molecule has 1 amide bonds. The predicted molar refractivity (Wildman–Crippen MR) is 68.8 cm³/mol. The van der Waals surface area contributed by atoms with E-state index in [0.29, 0.717) is 12.0 Å². The molecule has 3 rings (SSSR count). The van der Waals surface area contributed by atoms with Crippen LogP contribution in [0.3, 0.4) is 0 Å². The van der Waals surface area contributed by atoms with Gasteiger partial charge in [-0.2, -0.15) is 0 Å². The highest BCUT2D eigenvalue weighted by atomic mass is 16.4. The summed E-state index contributed by atoms with van der Waals surface area (Å²) in [6.45, 7) is 0.0858. The second kappa shape index (κ2) is 4.72. The summed E-state index contributed by atoms with van der Waals surface area (Å²) < 4.78 is 1.48. The zero-order chi connectivity index (χ0) is 13.4. The molecule has 0 spiro atoms. The van der Waals surface area contributed by atoms with E-state index in [1.165, 1.54) is 29.9 Å². The van der Waals surface area contributed by atoms with Gasteiger partial charge in [-0.1, -0.05) is 6.42 Å². The van der Waals surface area contributed by atoms with E-state index in [1.807, 2.05) is 0 Å². The van der Waals surface area contributed by atoms with Crippen molar-refractivity contribution < 1.29 is 14.7 Å². The van der Waals surface area contributed by atoms with Crippen LogP contribution in [0.1, 0.15) is 36.2 Å². The van der Waals surface area contributed by atoms with E-state index in [4.69, 9.17) is 5.11 Å². The summed E-state index contributed by atoms with van der Waals surface area (Å²) in [6, 6.07) is 3.46. The van der Waals surface area contributed by atoms with Crippen LogP contribution in [0, 0.1) is 11.8 Å². The highest BCUT2D eigenvalue weighted by Crippen LogP contribution is 2.44. The van der Waals surface area contributed by atoms with Crippen molar-refractivity contribution in [1.82, 2.24) is 9.88 Å². The van der Waals surface area contributed by atoms with Gasteiger partial charge in [-0.15, -0.1) is 0 Å². The molecule has 1 aromatic heterocycles. The number of amides is 1. The molecule has 19 heavy (non-hydrogen) atoms. The number of carbonyl (C=O) groups is 2. The highest BCUT2D eigenvalue weighted by molar-refractivity contribution is 5.86. The molecule has 1 heterocycles. The molecule has 2 aliphatic rings. The molecule has 0 aromatic carbocycles. The number of hydrogen-bond donors (Lipinski definition) is 2. The Morgan fingerprint density at radius 3 is 2.84 bits per heavy atom. The lowest BCUT2D eigenvalue weighted by molar-refractivity contribution is -0.122. The summed E-state index contributed by atoms with van der Waals surface area (Å²) in [7, 11) is 0. The van der Waals surface area contributed by atoms with Crippen molar-refractivity contribution in [2.24, 2.45) is 11.8 Å². The second-order valence-electron chi connectivity index (χ2n) is 5.68. The first-order valence-corrected chi connectivity index (χ1v) is 6.81. The van der Waals surface area contributed by atoms with Gasteiger partial charge in [-0.3, -0.25) is 4.79 Å². The van der Waals surface area contributed by atoms with E-state index in [0.717, 1.165) is 12.3 Å². The minimum absolute atomic E-state index is 0.0858. The van der Waals surface area contributed by atoms with Crippen LogP contribution in [0.25, 0.3) is 0 Å². The molecule has 2 saturated carbocycles. The zero-order valence-electron chi connectivity index (χ0n) is 10.7. The molecule has 5 heteroatoms. The molecular formula is C14H18N2O3. The first-order valence-electron chi connectivity index (χ1n) is 6.81. The summed E-state index contributed by atoms with van der Waals surface area (Å²) >= 11 is 0. The smallest absolute Gasteiger partial charge is 0.352 e. The van der Waals surface area contributed by atoms with Gasteiger partial charge < -0.3 is 15.0 Å².